The van der Waals surface area contributed by atoms with Crippen LogP contribution < -0.4 is 5.32 Å². The summed E-state index contributed by atoms with van der Waals surface area (Å²) in [4.78, 5) is 14.2. The number of hydrogen-bond donors (Lipinski definition) is 1. The van der Waals surface area contributed by atoms with Crippen LogP contribution in [0, 0.1) is 0 Å². The Morgan fingerprint density at radius 2 is 1.65 bits per heavy atom. The van der Waals surface area contributed by atoms with Gasteiger partial charge in [0, 0.05) is 12.1 Å². The van der Waals surface area contributed by atoms with Gasteiger partial charge in [0.2, 0.25) is 0 Å². The van der Waals surface area contributed by atoms with Crippen LogP contribution in [0.5, 0.6) is 0 Å². The first-order chi connectivity index (χ1) is 11.2. The summed E-state index contributed by atoms with van der Waals surface area (Å²) in [6, 6.07) is 17.7. The monoisotopic (exact) mass is 312 g/mol. The van der Waals surface area contributed by atoms with Crippen molar-refractivity contribution in [3.63, 3.8) is 0 Å². The second kappa shape index (κ2) is 8.96. The summed E-state index contributed by atoms with van der Waals surface area (Å²) < 4.78 is 5.28. The summed E-state index contributed by atoms with van der Waals surface area (Å²) in [5.74, 6) is 0. The zero-order chi connectivity index (χ0) is 16.5. The topological polar surface area (TPSA) is 41.6 Å². The van der Waals surface area contributed by atoms with E-state index in [1.807, 2.05) is 54.6 Å². The van der Waals surface area contributed by atoms with E-state index in [1.165, 1.54) is 0 Å². The fourth-order valence-electron chi connectivity index (χ4n) is 2.41. The molecule has 0 saturated carbocycles. The van der Waals surface area contributed by atoms with Gasteiger partial charge in [0.05, 0.1) is 5.69 Å². The smallest absolute Gasteiger partial charge is 0.411 e. The van der Waals surface area contributed by atoms with Gasteiger partial charge in [-0.05, 0) is 24.7 Å². The third-order valence-electron chi connectivity index (χ3n) is 3.78. The van der Waals surface area contributed by atoms with Gasteiger partial charge in [-0.1, -0.05) is 62.4 Å². The van der Waals surface area contributed by atoms with E-state index in [9.17, 15) is 4.79 Å². The Morgan fingerprint density at radius 1 is 1.00 bits per heavy atom. The molecule has 0 atom stereocenters. The van der Waals surface area contributed by atoms with Crippen molar-refractivity contribution in [1.82, 2.24) is 4.90 Å². The fourth-order valence-corrected chi connectivity index (χ4v) is 2.41. The van der Waals surface area contributed by atoms with Gasteiger partial charge >= 0.3 is 6.09 Å². The van der Waals surface area contributed by atoms with Crippen LogP contribution in [0.1, 0.15) is 13.8 Å². The molecule has 0 fully saturated rings. The van der Waals surface area contributed by atoms with E-state index in [-0.39, 0.29) is 0 Å². The zero-order valence-electron chi connectivity index (χ0n) is 13.8. The van der Waals surface area contributed by atoms with Crippen LogP contribution in [0.3, 0.4) is 0 Å². The molecule has 0 aliphatic carbocycles. The molecule has 1 amide bonds. The lowest BCUT2D eigenvalue weighted by molar-refractivity contribution is 0.142. The van der Waals surface area contributed by atoms with Crippen LogP contribution in [0.2, 0.25) is 0 Å². The van der Waals surface area contributed by atoms with Gasteiger partial charge in [-0.15, -0.1) is 0 Å². The molecule has 0 heterocycles. The van der Waals surface area contributed by atoms with Gasteiger partial charge in [-0.25, -0.2) is 4.79 Å². The maximum absolute atomic E-state index is 12.0. The van der Waals surface area contributed by atoms with E-state index < -0.39 is 6.09 Å². The number of likely N-dealkylation sites (N-methyl/N-ethyl adjacent to an activating group) is 1. The van der Waals surface area contributed by atoms with E-state index in [1.54, 1.807) is 0 Å². The molecule has 0 spiro atoms. The van der Waals surface area contributed by atoms with Crippen molar-refractivity contribution in [1.29, 1.82) is 0 Å². The Morgan fingerprint density at radius 3 is 2.35 bits per heavy atom. The van der Waals surface area contributed by atoms with Crippen molar-refractivity contribution in [2.75, 3.05) is 31.6 Å². The van der Waals surface area contributed by atoms with Crippen molar-refractivity contribution >= 4 is 11.8 Å². The molecule has 4 nitrogen and oxygen atoms in total. The molecule has 0 aliphatic rings. The predicted molar refractivity (Wildman–Crippen MR) is 94.6 cm³/mol. The van der Waals surface area contributed by atoms with Crippen LogP contribution >= 0.6 is 0 Å². The zero-order valence-corrected chi connectivity index (χ0v) is 13.8. The average molecular weight is 312 g/mol. The summed E-state index contributed by atoms with van der Waals surface area (Å²) in [5.41, 5.74) is 2.80. The molecule has 0 aromatic heterocycles. The first-order valence-corrected chi connectivity index (χ1v) is 8.05. The molecule has 0 bridgehead atoms. The number of carbonyl (C=O) groups excluding carboxylic acids is 1. The van der Waals surface area contributed by atoms with Crippen LogP contribution in [0.25, 0.3) is 11.1 Å². The SMILES string of the molecule is CCN(CC)CCOC(=O)Nc1ccccc1-c1ccccc1. The second-order valence-corrected chi connectivity index (χ2v) is 5.20. The summed E-state index contributed by atoms with van der Waals surface area (Å²) in [6.45, 7) is 7.25. The maximum Gasteiger partial charge on any atom is 0.411 e. The van der Waals surface area contributed by atoms with Crippen molar-refractivity contribution < 1.29 is 9.53 Å². The minimum Gasteiger partial charge on any atom is -0.448 e. The highest BCUT2D eigenvalue weighted by molar-refractivity contribution is 5.91. The molecule has 2 aromatic rings. The number of nitrogens with one attached hydrogen (secondary N) is 1. The Hall–Kier alpha value is -2.33. The number of nitrogens with zero attached hydrogens (tertiary/aromatic N) is 1. The Kier molecular flexibility index (Phi) is 6.63. The number of amides is 1. The van der Waals surface area contributed by atoms with E-state index >= 15 is 0 Å². The lowest BCUT2D eigenvalue weighted by Crippen LogP contribution is -2.28. The number of ether oxygens (including phenoxy) is 1. The van der Waals surface area contributed by atoms with Gasteiger partial charge in [0.25, 0.3) is 0 Å². The minimum atomic E-state index is -0.416. The third kappa shape index (κ3) is 5.11. The highest BCUT2D eigenvalue weighted by Gasteiger charge is 2.09. The quantitative estimate of drug-likeness (QED) is 0.831. The third-order valence-corrected chi connectivity index (χ3v) is 3.78. The fraction of sp³-hybridized carbons (Fsp3) is 0.316. The van der Waals surface area contributed by atoms with Gasteiger partial charge in [-0.2, -0.15) is 0 Å². The number of para-hydroxylation sites is 1. The van der Waals surface area contributed by atoms with Gasteiger partial charge < -0.3 is 9.64 Å². The average Bonchev–Trinajstić information content (AvgIpc) is 2.60. The highest BCUT2D eigenvalue weighted by atomic mass is 16.5. The normalized spacial score (nSPS) is 10.6. The number of benzene rings is 2. The summed E-state index contributed by atoms with van der Waals surface area (Å²) in [7, 11) is 0. The molecule has 0 aliphatic heterocycles. The molecule has 1 N–H and O–H groups in total. The Labute approximate surface area is 138 Å². The first-order valence-electron chi connectivity index (χ1n) is 8.05. The number of rotatable bonds is 7. The molecule has 23 heavy (non-hydrogen) atoms. The standard InChI is InChI=1S/C19H24N2O2/c1-3-21(4-2)14-15-23-19(22)20-18-13-9-8-12-17(18)16-10-6-5-7-11-16/h5-13H,3-4,14-15H2,1-2H3,(H,20,22). The van der Waals surface area contributed by atoms with Gasteiger partial charge in [0.1, 0.15) is 6.61 Å². The van der Waals surface area contributed by atoms with Crippen molar-refractivity contribution in [2.24, 2.45) is 0 Å². The lowest BCUT2D eigenvalue weighted by atomic mass is 10.0. The molecule has 4 heteroatoms. The number of hydrogen-bond acceptors (Lipinski definition) is 3. The van der Waals surface area contributed by atoms with Crippen LogP contribution in [0.15, 0.2) is 54.6 Å². The largest absolute Gasteiger partial charge is 0.448 e. The first kappa shape index (κ1) is 17.0. The molecular formula is C19H24N2O2. The minimum absolute atomic E-state index is 0.390. The van der Waals surface area contributed by atoms with Gasteiger partial charge in [-0.3, -0.25) is 5.32 Å². The number of carbonyl (C=O) groups is 1. The van der Waals surface area contributed by atoms with Crippen LogP contribution in [0.4, 0.5) is 10.5 Å². The van der Waals surface area contributed by atoms with E-state index in [0.717, 1.165) is 36.4 Å². The molecule has 2 aromatic carbocycles. The summed E-state index contributed by atoms with van der Waals surface area (Å²) in [6.07, 6.45) is -0.416. The Balaban J connectivity index is 1.97. The molecule has 2 rings (SSSR count). The second-order valence-electron chi connectivity index (χ2n) is 5.20. The van der Waals surface area contributed by atoms with Crippen molar-refractivity contribution in [3.05, 3.63) is 54.6 Å². The molecule has 0 saturated heterocycles. The summed E-state index contributed by atoms with van der Waals surface area (Å²) >= 11 is 0. The lowest BCUT2D eigenvalue weighted by Gasteiger charge is -2.18. The highest BCUT2D eigenvalue weighted by Crippen LogP contribution is 2.27. The van der Waals surface area contributed by atoms with Gasteiger partial charge in [0.15, 0.2) is 0 Å². The van der Waals surface area contributed by atoms with Crippen LogP contribution in [-0.4, -0.2) is 37.2 Å². The van der Waals surface area contributed by atoms with E-state index in [0.29, 0.717) is 6.61 Å². The number of anilines is 1. The molecule has 122 valence electrons. The Bertz CT molecular complexity index is 610. The summed E-state index contributed by atoms with van der Waals surface area (Å²) in [5, 5.41) is 2.84. The van der Waals surface area contributed by atoms with Crippen molar-refractivity contribution in [3.8, 4) is 11.1 Å². The maximum atomic E-state index is 12.0. The molecule has 0 radical (unpaired) electrons. The van der Waals surface area contributed by atoms with E-state index in [2.05, 4.69) is 24.1 Å². The van der Waals surface area contributed by atoms with E-state index in [4.69, 9.17) is 4.74 Å². The predicted octanol–water partition coefficient (Wildman–Crippen LogP) is 4.24. The van der Waals surface area contributed by atoms with Crippen molar-refractivity contribution in [2.45, 2.75) is 13.8 Å². The van der Waals surface area contributed by atoms with Crippen LogP contribution in [-0.2, 0) is 4.74 Å². The molecule has 0 unspecified atom stereocenters. The molecular weight excluding hydrogens is 288 g/mol.